The third-order valence-electron chi connectivity index (χ3n) is 2.14. The van der Waals surface area contributed by atoms with Gasteiger partial charge in [-0.25, -0.2) is 4.39 Å². The normalized spacial score (nSPS) is 14.3. The molecular formula is C11H14FN3. The first-order chi connectivity index (χ1) is 7.13. The lowest BCUT2D eigenvalue weighted by molar-refractivity contribution is 0.516. The summed E-state index contributed by atoms with van der Waals surface area (Å²) in [6.45, 7) is 4.39. The molecule has 0 bridgehead atoms. The third kappa shape index (κ3) is 3.64. The monoisotopic (exact) mass is 207 g/mol. The van der Waals surface area contributed by atoms with Gasteiger partial charge in [-0.2, -0.15) is 5.26 Å². The van der Waals surface area contributed by atoms with E-state index in [0.717, 1.165) is 5.69 Å². The Balaban J connectivity index is 2.51. The first-order valence-corrected chi connectivity index (χ1v) is 4.88. The molecule has 80 valence electrons. The molecule has 0 saturated carbocycles. The molecule has 0 saturated heterocycles. The fraction of sp³-hybridized carbons (Fsp3) is 0.455. The Morgan fingerprint density at radius 2 is 2.27 bits per heavy atom. The van der Waals surface area contributed by atoms with E-state index in [1.54, 1.807) is 6.07 Å². The van der Waals surface area contributed by atoms with Crippen molar-refractivity contribution in [2.45, 2.75) is 19.9 Å². The van der Waals surface area contributed by atoms with Gasteiger partial charge in [0.25, 0.3) is 0 Å². The van der Waals surface area contributed by atoms with Gasteiger partial charge in [-0.15, -0.1) is 0 Å². The second kappa shape index (κ2) is 5.42. The van der Waals surface area contributed by atoms with E-state index in [0.29, 0.717) is 6.54 Å². The standard InChI is InChI=1S/C11H14FN3/c1-8(5-13)6-14-9(2)11-4-3-10(12)7-15-11/h3-4,7-9,14H,6H2,1-2H3. The molecule has 0 amide bonds. The summed E-state index contributed by atoms with van der Waals surface area (Å²) in [4.78, 5) is 3.96. The van der Waals surface area contributed by atoms with Crippen LogP contribution in [0.2, 0.25) is 0 Å². The van der Waals surface area contributed by atoms with Crippen LogP contribution < -0.4 is 5.32 Å². The summed E-state index contributed by atoms with van der Waals surface area (Å²) in [7, 11) is 0. The third-order valence-corrected chi connectivity index (χ3v) is 2.14. The molecule has 15 heavy (non-hydrogen) atoms. The van der Waals surface area contributed by atoms with Gasteiger partial charge in [0, 0.05) is 12.6 Å². The average Bonchev–Trinajstić information content (AvgIpc) is 2.26. The first kappa shape index (κ1) is 11.6. The number of nitrogens with one attached hydrogen (secondary N) is 1. The maximum Gasteiger partial charge on any atom is 0.141 e. The van der Waals surface area contributed by atoms with Crippen LogP contribution >= 0.6 is 0 Å². The zero-order valence-corrected chi connectivity index (χ0v) is 8.87. The lowest BCUT2D eigenvalue weighted by Gasteiger charge is -2.13. The first-order valence-electron chi connectivity index (χ1n) is 4.88. The molecule has 0 aromatic carbocycles. The van der Waals surface area contributed by atoms with Crippen molar-refractivity contribution in [1.29, 1.82) is 5.26 Å². The molecular weight excluding hydrogens is 193 g/mol. The van der Waals surface area contributed by atoms with Crippen LogP contribution in [0.25, 0.3) is 0 Å². The van der Waals surface area contributed by atoms with E-state index in [1.807, 2.05) is 13.8 Å². The van der Waals surface area contributed by atoms with Gasteiger partial charge in [0.15, 0.2) is 0 Å². The lowest BCUT2D eigenvalue weighted by atomic mass is 10.1. The lowest BCUT2D eigenvalue weighted by Crippen LogP contribution is -2.24. The molecule has 0 spiro atoms. The number of hydrogen-bond donors (Lipinski definition) is 1. The number of nitrogens with zero attached hydrogens (tertiary/aromatic N) is 2. The van der Waals surface area contributed by atoms with Crippen LogP contribution in [0.15, 0.2) is 18.3 Å². The molecule has 0 aliphatic rings. The van der Waals surface area contributed by atoms with Crippen LogP contribution in [-0.4, -0.2) is 11.5 Å². The molecule has 1 N–H and O–H groups in total. The zero-order chi connectivity index (χ0) is 11.3. The summed E-state index contributed by atoms with van der Waals surface area (Å²) in [5, 5.41) is 11.8. The zero-order valence-electron chi connectivity index (χ0n) is 8.87. The summed E-state index contributed by atoms with van der Waals surface area (Å²) in [5.74, 6) is -0.371. The Labute approximate surface area is 88.9 Å². The Morgan fingerprint density at radius 3 is 2.80 bits per heavy atom. The Hall–Kier alpha value is -1.47. The Bertz CT molecular complexity index is 342. The number of rotatable bonds is 4. The molecule has 0 fully saturated rings. The van der Waals surface area contributed by atoms with E-state index in [1.165, 1.54) is 12.3 Å². The van der Waals surface area contributed by atoms with Crippen LogP contribution in [0.5, 0.6) is 0 Å². The van der Waals surface area contributed by atoms with Crippen molar-refractivity contribution in [2.24, 2.45) is 5.92 Å². The summed E-state index contributed by atoms with van der Waals surface area (Å²) in [6.07, 6.45) is 1.20. The summed E-state index contributed by atoms with van der Waals surface area (Å²) >= 11 is 0. The summed E-state index contributed by atoms with van der Waals surface area (Å²) < 4.78 is 12.6. The minimum absolute atomic E-state index is 0.0291. The van der Waals surface area contributed by atoms with Gasteiger partial charge >= 0.3 is 0 Å². The predicted octanol–water partition coefficient (Wildman–Crippen LogP) is 2.03. The molecule has 1 rings (SSSR count). The van der Waals surface area contributed by atoms with Gasteiger partial charge in [0.2, 0.25) is 0 Å². The van der Waals surface area contributed by atoms with Crippen molar-refractivity contribution in [1.82, 2.24) is 10.3 Å². The van der Waals surface area contributed by atoms with E-state index in [-0.39, 0.29) is 17.8 Å². The molecule has 1 heterocycles. The van der Waals surface area contributed by atoms with Crippen molar-refractivity contribution in [3.63, 3.8) is 0 Å². The van der Waals surface area contributed by atoms with E-state index < -0.39 is 0 Å². The van der Waals surface area contributed by atoms with E-state index in [2.05, 4.69) is 16.4 Å². The fourth-order valence-corrected chi connectivity index (χ4v) is 1.15. The van der Waals surface area contributed by atoms with Crippen LogP contribution in [0, 0.1) is 23.1 Å². The maximum absolute atomic E-state index is 12.6. The molecule has 1 aromatic rings. The van der Waals surface area contributed by atoms with Crippen molar-refractivity contribution in [2.75, 3.05) is 6.54 Å². The Kier molecular flexibility index (Phi) is 4.19. The SMILES string of the molecule is CC(C#N)CNC(C)c1ccc(F)cn1. The van der Waals surface area contributed by atoms with E-state index in [4.69, 9.17) is 5.26 Å². The minimum Gasteiger partial charge on any atom is -0.308 e. The van der Waals surface area contributed by atoms with Gasteiger partial charge in [-0.05, 0) is 26.0 Å². The summed E-state index contributed by atoms with van der Waals surface area (Å²) in [5.41, 5.74) is 0.779. The van der Waals surface area contributed by atoms with Crippen molar-refractivity contribution in [3.8, 4) is 6.07 Å². The highest BCUT2D eigenvalue weighted by Crippen LogP contribution is 2.09. The number of hydrogen-bond acceptors (Lipinski definition) is 3. The molecule has 0 aliphatic carbocycles. The number of nitriles is 1. The quantitative estimate of drug-likeness (QED) is 0.821. The van der Waals surface area contributed by atoms with E-state index >= 15 is 0 Å². The molecule has 4 heteroatoms. The van der Waals surface area contributed by atoms with Gasteiger partial charge in [0.05, 0.1) is 23.9 Å². The number of pyridine rings is 1. The van der Waals surface area contributed by atoms with Crippen molar-refractivity contribution < 1.29 is 4.39 Å². The van der Waals surface area contributed by atoms with Crippen LogP contribution in [0.1, 0.15) is 25.6 Å². The van der Waals surface area contributed by atoms with Crippen LogP contribution in [0.4, 0.5) is 4.39 Å². The fourth-order valence-electron chi connectivity index (χ4n) is 1.15. The second-order valence-corrected chi connectivity index (χ2v) is 3.56. The average molecular weight is 207 g/mol. The van der Waals surface area contributed by atoms with E-state index in [9.17, 15) is 4.39 Å². The number of aromatic nitrogens is 1. The van der Waals surface area contributed by atoms with Crippen molar-refractivity contribution >= 4 is 0 Å². The smallest absolute Gasteiger partial charge is 0.141 e. The Morgan fingerprint density at radius 1 is 1.53 bits per heavy atom. The van der Waals surface area contributed by atoms with Gasteiger partial charge in [0.1, 0.15) is 5.82 Å². The largest absolute Gasteiger partial charge is 0.308 e. The maximum atomic E-state index is 12.6. The van der Waals surface area contributed by atoms with Gasteiger partial charge < -0.3 is 5.32 Å². The predicted molar refractivity (Wildman–Crippen MR) is 55.4 cm³/mol. The molecule has 2 unspecified atom stereocenters. The highest BCUT2D eigenvalue weighted by Gasteiger charge is 2.07. The minimum atomic E-state index is -0.337. The highest BCUT2D eigenvalue weighted by atomic mass is 19.1. The molecule has 0 radical (unpaired) electrons. The molecule has 0 aliphatic heterocycles. The second-order valence-electron chi connectivity index (χ2n) is 3.56. The summed E-state index contributed by atoms with van der Waals surface area (Å²) in [6, 6.07) is 5.19. The highest BCUT2D eigenvalue weighted by molar-refractivity contribution is 5.09. The van der Waals surface area contributed by atoms with Crippen LogP contribution in [-0.2, 0) is 0 Å². The topological polar surface area (TPSA) is 48.7 Å². The van der Waals surface area contributed by atoms with Gasteiger partial charge in [-0.1, -0.05) is 0 Å². The van der Waals surface area contributed by atoms with Crippen molar-refractivity contribution in [3.05, 3.63) is 29.8 Å². The van der Waals surface area contributed by atoms with Crippen LogP contribution in [0.3, 0.4) is 0 Å². The molecule has 2 atom stereocenters. The molecule has 3 nitrogen and oxygen atoms in total. The molecule has 1 aromatic heterocycles. The number of halogens is 1. The van der Waals surface area contributed by atoms with Gasteiger partial charge in [-0.3, -0.25) is 4.98 Å².